The second-order valence-electron chi connectivity index (χ2n) is 4.35. The van der Waals surface area contributed by atoms with Crippen molar-refractivity contribution in [3.63, 3.8) is 0 Å². The third kappa shape index (κ3) is 3.79. The average Bonchev–Trinajstić information content (AvgIpc) is 2.20. The SMILES string of the molecule is CC(C)(CCCl)CNc1nc[nH]c(=O)c1Br. The lowest BCUT2D eigenvalue weighted by Crippen LogP contribution is -2.25. The Morgan fingerprint density at radius 3 is 2.94 bits per heavy atom. The number of hydrogen-bond donors (Lipinski definition) is 2. The van der Waals surface area contributed by atoms with E-state index in [-0.39, 0.29) is 11.0 Å². The number of hydrogen-bond acceptors (Lipinski definition) is 3. The molecular weight excluding hydrogens is 293 g/mol. The molecule has 0 unspecified atom stereocenters. The number of nitrogens with one attached hydrogen (secondary N) is 2. The van der Waals surface area contributed by atoms with E-state index in [0.29, 0.717) is 16.2 Å². The van der Waals surface area contributed by atoms with Crippen LogP contribution in [-0.4, -0.2) is 22.4 Å². The molecule has 0 bridgehead atoms. The lowest BCUT2D eigenvalue weighted by atomic mass is 9.90. The first kappa shape index (κ1) is 13.5. The van der Waals surface area contributed by atoms with Gasteiger partial charge in [-0.2, -0.15) is 0 Å². The number of H-pyrrole nitrogens is 1. The predicted octanol–water partition coefficient (Wildman–Crippen LogP) is 2.60. The Kier molecular flexibility index (Phi) is 4.80. The first-order chi connectivity index (χ1) is 7.46. The molecule has 16 heavy (non-hydrogen) atoms. The Balaban J connectivity index is 2.68. The van der Waals surface area contributed by atoms with Crippen molar-refractivity contribution in [3.8, 4) is 0 Å². The van der Waals surface area contributed by atoms with E-state index < -0.39 is 0 Å². The Morgan fingerprint density at radius 1 is 1.62 bits per heavy atom. The number of rotatable bonds is 5. The molecule has 1 aromatic rings. The van der Waals surface area contributed by atoms with Gasteiger partial charge in [-0.25, -0.2) is 4.98 Å². The molecule has 0 fully saturated rings. The zero-order chi connectivity index (χ0) is 12.2. The molecule has 0 aliphatic rings. The van der Waals surface area contributed by atoms with Crippen molar-refractivity contribution >= 4 is 33.3 Å². The van der Waals surface area contributed by atoms with Gasteiger partial charge in [0.05, 0.1) is 6.33 Å². The maximum atomic E-state index is 11.3. The van der Waals surface area contributed by atoms with E-state index in [1.54, 1.807) is 0 Å². The van der Waals surface area contributed by atoms with Gasteiger partial charge in [0.15, 0.2) is 0 Å². The van der Waals surface area contributed by atoms with E-state index in [2.05, 4.69) is 45.1 Å². The van der Waals surface area contributed by atoms with Gasteiger partial charge in [-0.3, -0.25) is 4.79 Å². The first-order valence-corrected chi connectivity index (χ1v) is 6.32. The van der Waals surface area contributed by atoms with E-state index in [1.807, 2.05) is 0 Å². The van der Waals surface area contributed by atoms with Gasteiger partial charge in [-0.1, -0.05) is 13.8 Å². The molecule has 1 aromatic heterocycles. The number of alkyl halides is 1. The largest absolute Gasteiger partial charge is 0.368 e. The highest BCUT2D eigenvalue weighted by atomic mass is 79.9. The molecule has 0 aliphatic heterocycles. The predicted molar refractivity (Wildman–Crippen MR) is 70.2 cm³/mol. The van der Waals surface area contributed by atoms with Gasteiger partial charge in [-0.05, 0) is 27.8 Å². The van der Waals surface area contributed by atoms with Crippen LogP contribution in [0.3, 0.4) is 0 Å². The topological polar surface area (TPSA) is 57.8 Å². The van der Waals surface area contributed by atoms with Crippen LogP contribution in [0.2, 0.25) is 0 Å². The zero-order valence-electron chi connectivity index (χ0n) is 9.31. The maximum Gasteiger partial charge on any atom is 0.267 e. The van der Waals surface area contributed by atoms with Gasteiger partial charge >= 0.3 is 0 Å². The maximum absolute atomic E-state index is 11.3. The van der Waals surface area contributed by atoms with Crippen LogP contribution in [0, 0.1) is 5.41 Å². The van der Waals surface area contributed by atoms with Crippen LogP contribution in [-0.2, 0) is 0 Å². The summed E-state index contributed by atoms with van der Waals surface area (Å²) in [7, 11) is 0. The minimum atomic E-state index is -0.187. The van der Waals surface area contributed by atoms with Crippen LogP contribution in [0.1, 0.15) is 20.3 Å². The molecule has 0 atom stereocenters. The van der Waals surface area contributed by atoms with Crippen molar-refractivity contribution in [2.75, 3.05) is 17.7 Å². The number of aromatic nitrogens is 2. The summed E-state index contributed by atoms with van der Waals surface area (Å²) in [4.78, 5) is 17.8. The molecule has 0 radical (unpaired) electrons. The Morgan fingerprint density at radius 2 is 2.31 bits per heavy atom. The molecule has 90 valence electrons. The fourth-order valence-corrected chi connectivity index (χ4v) is 2.04. The van der Waals surface area contributed by atoms with E-state index in [1.165, 1.54) is 6.33 Å². The molecule has 0 aromatic carbocycles. The summed E-state index contributed by atoms with van der Waals surface area (Å²) in [5.74, 6) is 1.19. The Hall–Kier alpha value is -0.550. The number of anilines is 1. The second-order valence-corrected chi connectivity index (χ2v) is 5.52. The highest BCUT2D eigenvalue weighted by Crippen LogP contribution is 2.22. The summed E-state index contributed by atoms with van der Waals surface area (Å²) in [6.07, 6.45) is 2.28. The van der Waals surface area contributed by atoms with Crippen molar-refractivity contribution in [3.05, 3.63) is 21.2 Å². The smallest absolute Gasteiger partial charge is 0.267 e. The average molecular weight is 309 g/mol. The number of nitrogens with zero attached hydrogens (tertiary/aromatic N) is 1. The lowest BCUT2D eigenvalue weighted by molar-refractivity contribution is 0.379. The highest BCUT2D eigenvalue weighted by Gasteiger charge is 2.17. The van der Waals surface area contributed by atoms with Gasteiger partial charge in [0.25, 0.3) is 5.56 Å². The van der Waals surface area contributed by atoms with Crippen LogP contribution in [0.4, 0.5) is 5.82 Å². The van der Waals surface area contributed by atoms with Crippen LogP contribution in [0.5, 0.6) is 0 Å². The van der Waals surface area contributed by atoms with Crippen molar-refractivity contribution in [2.45, 2.75) is 20.3 Å². The summed E-state index contributed by atoms with van der Waals surface area (Å²) in [6.45, 7) is 4.95. The summed E-state index contributed by atoms with van der Waals surface area (Å²) in [5, 5.41) is 3.14. The molecule has 0 saturated heterocycles. The van der Waals surface area contributed by atoms with E-state index in [9.17, 15) is 4.79 Å². The van der Waals surface area contributed by atoms with Crippen LogP contribution in [0.15, 0.2) is 15.6 Å². The van der Waals surface area contributed by atoms with Gasteiger partial charge < -0.3 is 10.3 Å². The molecule has 1 heterocycles. The molecule has 1 rings (SSSR count). The molecule has 0 saturated carbocycles. The Labute approximate surface area is 108 Å². The summed E-state index contributed by atoms with van der Waals surface area (Å²) >= 11 is 8.91. The van der Waals surface area contributed by atoms with Crippen molar-refractivity contribution in [2.24, 2.45) is 5.41 Å². The van der Waals surface area contributed by atoms with E-state index >= 15 is 0 Å². The minimum absolute atomic E-state index is 0.0749. The summed E-state index contributed by atoms with van der Waals surface area (Å²) < 4.78 is 0.427. The third-order valence-electron chi connectivity index (χ3n) is 2.30. The van der Waals surface area contributed by atoms with Crippen molar-refractivity contribution in [1.82, 2.24) is 9.97 Å². The zero-order valence-corrected chi connectivity index (χ0v) is 11.7. The molecular formula is C10H15BrClN3O. The van der Waals surface area contributed by atoms with Crippen LogP contribution in [0.25, 0.3) is 0 Å². The molecule has 0 spiro atoms. The quantitative estimate of drug-likeness (QED) is 0.822. The molecule has 2 N–H and O–H groups in total. The Bertz CT molecular complexity index is 405. The fourth-order valence-electron chi connectivity index (χ4n) is 1.17. The molecule has 0 aliphatic carbocycles. The molecule has 0 amide bonds. The van der Waals surface area contributed by atoms with Crippen molar-refractivity contribution in [1.29, 1.82) is 0 Å². The van der Waals surface area contributed by atoms with Crippen LogP contribution < -0.4 is 10.9 Å². The number of aromatic amines is 1. The lowest BCUT2D eigenvalue weighted by Gasteiger charge is -2.24. The van der Waals surface area contributed by atoms with Gasteiger partial charge in [0.2, 0.25) is 0 Å². The normalized spacial score (nSPS) is 11.5. The molecule has 4 nitrogen and oxygen atoms in total. The monoisotopic (exact) mass is 307 g/mol. The second kappa shape index (κ2) is 5.68. The minimum Gasteiger partial charge on any atom is -0.368 e. The van der Waals surface area contributed by atoms with Gasteiger partial charge in [0.1, 0.15) is 10.3 Å². The first-order valence-electron chi connectivity index (χ1n) is 4.99. The highest BCUT2D eigenvalue weighted by molar-refractivity contribution is 9.10. The number of halogens is 2. The van der Waals surface area contributed by atoms with Gasteiger partial charge in [0, 0.05) is 12.4 Å². The summed E-state index contributed by atoms with van der Waals surface area (Å²) in [6, 6.07) is 0. The standard InChI is InChI=1S/C10H15BrClN3O/c1-10(2,3-4-12)5-13-8-7(11)9(16)15-6-14-8/h6H,3-5H2,1-2H3,(H2,13,14,15,16). The molecule has 6 heteroatoms. The third-order valence-corrected chi connectivity index (χ3v) is 3.23. The summed E-state index contributed by atoms with van der Waals surface area (Å²) in [5.41, 5.74) is -0.112. The van der Waals surface area contributed by atoms with Gasteiger partial charge in [-0.15, -0.1) is 11.6 Å². The van der Waals surface area contributed by atoms with Crippen molar-refractivity contribution < 1.29 is 0 Å². The van der Waals surface area contributed by atoms with E-state index in [0.717, 1.165) is 13.0 Å². The van der Waals surface area contributed by atoms with E-state index in [4.69, 9.17) is 11.6 Å². The van der Waals surface area contributed by atoms with Crippen LogP contribution >= 0.6 is 27.5 Å². The fraction of sp³-hybridized carbons (Fsp3) is 0.600.